The van der Waals surface area contributed by atoms with Gasteiger partial charge in [0.25, 0.3) is 5.91 Å². The molecule has 0 saturated carbocycles. The molecule has 0 aliphatic heterocycles. The maximum Gasteiger partial charge on any atom is 0.258 e. The standard InChI is InChI=1S/C17H15ClN2O3/c1-22-15-5-3-2-4-13(15)10-20-17(21)11-23-16-7-6-12(9-19)8-14(16)18/h2-8H,10-11H2,1H3,(H,20,21). The molecule has 0 spiro atoms. The molecule has 0 aromatic heterocycles. The second-order valence-electron chi connectivity index (χ2n) is 4.63. The lowest BCUT2D eigenvalue weighted by Gasteiger charge is -2.11. The summed E-state index contributed by atoms with van der Waals surface area (Å²) in [5.74, 6) is 0.790. The minimum absolute atomic E-state index is 0.166. The highest BCUT2D eigenvalue weighted by Crippen LogP contribution is 2.25. The van der Waals surface area contributed by atoms with Gasteiger partial charge in [0.05, 0.1) is 23.8 Å². The van der Waals surface area contributed by atoms with E-state index < -0.39 is 0 Å². The average Bonchev–Trinajstić information content (AvgIpc) is 2.58. The molecule has 0 aliphatic carbocycles. The van der Waals surface area contributed by atoms with E-state index in [0.717, 1.165) is 5.56 Å². The van der Waals surface area contributed by atoms with Gasteiger partial charge in [-0.1, -0.05) is 29.8 Å². The Kier molecular flexibility index (Phi) is 5.84. The molecule has 2 aromatic rings. The third-order valence-electron chi connectivity index (χ3n) is 3.09. The van der Waals surface area contributed by atoms with E-state index >= 15 is 0 Å². The molecule has 0 unspecified atom stereocenters. The lowest BCUT2D eigenvalue weighted by atomic mass is 10.2. The number of para-hydroxylation sites is 1. The normalized spacial score (nSPS) is 9.78. The maximum absolute atomic E-state index is 11.9. The van der Waals surface area contributed by atoms with Crippen molar-refractivity contribution in [1.29, 1.82) is 5.26 Å². The van der Waals surface area contributed by atoms with Crippen LogP contribution >= 0.6 is 11.6 Å². The van der Waals surface area contributed by atoms with Gasteiger partial charge in [-0.15, -0.1) is 0 Å². The maximum atomic E-state index is 11.9. The summed E-state index contributed by atoms with van der Waals surface area (Å²) < 4.78 is 10.6. The summed E-state index contributed by atoms with van der Waals surface area (Å²) in [7, 11) is 1.58. The molecule has 2 aromatic carbocycles. The summed E-state index contributed by atoms with van der Waals surface area (Å²) in [6, 6.07) is 14.0. The third kappa shape index (κ3) is 4.63. The van der Waals surface area contributed by atoms with Gasteiger partial charge < -0.3 is 14.8 Å². The van der Waals surface area contributed by atoms with E-state index in [1.165, 1.54) is 6.07 Å². The lowest BCUT2D eigenvalue weighted by Crippen LogP contribution is -2.28. The van der Waals surface area contributed by atoms with Gasteiger partial charge in [0.2, 0.25) is 0 Å². The van der Waals surface area contributed by atoms with E-state index in [1.54, 1.807) is 19.2 Å². The number of methoxy groups -OCH3 is 1. The van der Waals surface area contributed by atoms with Crippen LogP contribution in [0.4, 0.5) is 0 Å². The number of ether oxygens (including phenoxy) is 2. The summed E-state index contributed by atoms with van der Waals surface area (Å²) in [4.78, 5) is 11.9. The highest BCUT2D eigenvalue weighted by atomic mass is 35.5. The molecule has 0 aliphatic rings. The van der Waals surface area contributed by atoms with Crippen LogP contribution in [-0.4, -0.2) is 19.6 Å². The van der Waals surface area contributed by atoms with Crippen LogP contribution in [0, 0.1) is 11.3 Å². The Morgan fingerprint density at radius 1 is 1.26 bits per heavy atom. The number of nitriles is 1. The summed E-state index contributed by atoms with van der Waals surface area (Å²) in [5.41, 5.74) is 1.31. The molecule has 0 saturated heterocycles. The van der Waals surface area contributed by atoms with Gasteiger partial charge in [-0.05, 0) is 24.3 Å². The summed E-state index contributed by atoms with van der Waals surface area (Å²) >= 11 is 5.98. The Bertz CT molecular complexity index is 741. The molecule has 6 heteroatoms. The van der Waals surface area contributed by atoms with Crippen LogP contribution in [0.1, 0.15) is 11.1 Å². The zero-order valence-electron chi connectivity index (χ0n) is 12.5. The topological polar surface area (TPSA) is 71.3 Å². The first-order valence-electron chi connectivity index (χ1n) is 6.85. The van der Waals surface area contributed by atoms with Crippen molar-refractivity contribution in [2.24, 2.45) is 0 Å². The molecule has 0 heterocycles. The van der Waals surface area contributed by atoms with E-state index in [1.807, 2.05) is 30.3 Å². The molecular weight excluding hydrogens is 316 g/mol. The van der Waals surface area contributed by atoms with Gasteiger partial charge in [-0.25, -0.2) is 0 Å². The Hall–Kier alpha value is -2.71. The van der Waals surface area contributed by atoms with Crippen LogP contribution in [0.5, 0.6) is 11.5 Å². The summed E-state index contributed by atoms with van der Waals surface area (Å²) in [6.45, 7) is 0.175. The lowest BCUT2D eigenvalue weighted by molar-refractivity contribution is -0.123. The van der Waals surface area contributed by atoms with E-state index in [-0.39, 0.29) is 12.5 Å². The van der Waals surface area contributed by atoms with Crippen LogP contribution in [-0.2, 0) is 11.3 Å². The fourth-order valence-electron chi connectivity index (χ4n) is 1.92. The first-order valence-corrected chi connectivity index (χ1v) is 7.23. The third-order valence-corrected chi connectivity index (χ3v) is 3.38. The number of rotatable bonds is 6. The number of benzene rings is 2. The number of amides is 1. The first-order chi connectivity index (χ1) is 11.1. The number of nitrogens with zero attached hydrogens (tertiary/aromatic N) is 1. The van der Waals surface area contributed by atoms with E-state index in [9.17, 15) is 4.79 Å². The number of hydrogen-bond acceptors (Lipinski definition) is 4. The number of carbonyl (C=O) groups is 1. The molecule has 23 heavy (non-hydrogen) atoms. The van der Waals surface area contributed by atoms with Crippen molar-refractivity contribution in [2.75, 3.05) is 13.7 Å². The average molecular weight is 331 g/mol. The van der Waals surface area contributed by atoms with Crippen LogP contribution in [0.3, 0.4) is 0 Å². The van der Waals surface area contributed by atoms with Gasteiger partial charge in [0.1, 0.15) is 11.5 Å². The Balaban J connectivity index is 1.87. The Morgan fingerprint density at radius 3 is 2.74 bits per heavy atom. The van der Waals surface area contributed by atoms with E-state index in [4.69, 9.17) is 26.3 Å². The molecule has 5 nitrogen and oxygen atoms in total. The second-order valence-corrected chi connectivity index (χ2v) is 5.04. The van der Waals surface area contributed by atoms with Crippen LogP contribution in [0.15, 0.2) is 42.5 Å². The number of carbonyl (C=O) groups excluding carboxylic acids is 1. The second kappa shape index (κ2) is 8.06. The largest absolute Gasteiger partial charge is 0.496 e. The molecule has 0 radical (unpaired) electrons. The number of hydrogen-bond donors (Lipinski definition) is 1. The molecule has 0 atom stereocenters. The van der Waals surface area contributed by atoms with Gasteiger partial charge in [0, 0.05) is 12.1 Å². The highest BCUT2D eigenvalue weighted by molar-refractivity contribution is 6.32. The van der Waals surface area contributed by atoms with Crippen molar-refractivity contribution in [1.82, 2.24) is 5.32 Å². The number of nitrogens with one attached hydrogen (secondary N) is 1. The van der Waals surface area contributed by atoms with Crippen molar-refractivity contribution >= 4 is 17.5 Å². The first kappa shape index (κ1) is 16.7. The van der Waals surface area contributed by atoms with E-state index in [2.05, 4.69) is 5.32 Å². The highest BCUT2D eigenvalue weighted by Gasteiger charge is 2.08. The molecule has 2 rings (SSSR count). The van der Waals surface area contributed by atoms with Crippen LogP contribution in [0.2, 0.25) is 5.02 Å². The van der Waals surface area contributed by atoms with Crippen molar-refractivity contribution < 1.29 is 14.3 Å². The Labute approximate surface area is 139 Å². The zero-order chi connectivity index (χ0) is 16.7. The smallest absolute Gasteiger partial charge is 0.258 e. The van der Waals surface area contributed by atoms with Gasteiger partial charge in [-0.3, -0.25) is 4.79 Å². The van der Waals surface area contributed by atoms with Crippen molar-refractivity contribution in [2.45, 2.75) is 6.54 Å². The van der Waals surface area contributed by atoms with Gasteiger partial charge in [0.15, 0.2) is 6.61 Å². The van der Waals surface area contributed by atoms with Gasteiger partial charge in [-0.2, -0.15) is 5.26 Å². The zero-order valence-corrected chi connectivity index (χ0v) is 13.3. The van der Waals surface area contributed by atoms with Crippen molar-refractivity contribution in [3.8, 4) is 17.6 Å². The van der Waals surface area contributed by atoms with Crippen molar-refractivity contribution in [3.63, 3.8) is 0 Å². The fourth-order valence-corrected chi connectivity index (χ4v) is 2.16. The number of halogens is 1. The molecule has 118 valence electrons. The molecular formula is C17H15ClN2O3. The minimum atomic E-state index is -0.281. The molecule has 1 N–H and O–H groups in total. The molecule has 0 fully saturated rings. The Morgan fingerprint density at radius 2 is 2.04 bits per heavy atom. The SMILES string of the molecule is COc1ccccc1CNC(=O)COc1ccc(C#N)cc1Cl. The van der Waals surface area contributed by atoms with Gasteiger partial charge >= 0.3 is 0 Å². The predicted octanol–water partition coefficient (Wildman–Crippen LogP) is 2.92. The summed E-state index contributed by atoms with van der Waals surface area (Å²) in [6.07, 6.45) is 0. The summed E-state index contributed by atoms with van der Waals surface area (Å²) in [5, 5.41) is 11.8. The monoisotopic (exact) mass is 330 g/mol. The molecule has 1 amide bonds. The minimum Gasteiger partial charge on any atom is -0.496 e. The van der Waals surface area contributed by atoms with E-state index in [0.29, 0.717) is 28.6 Å². The molecule has 0 bridgehead atoms. The fraction of sp³-hybridized carbons (Fsp3) is 0.176. The van der Waals surface area contributed by atoms with Crippen LogP contribution < -0.4 is 14.8 Å². The quantitative estimate of drug-likeness (QED) is 0.884. The van der Waals surface area contributed by atoms with Crippen LogP contribution in [0.25, 0.3) is 0 Å². The predicted molar refractivity (Wildman–Crippen MR) is 86.5 cm³/mol. The van der Waals surface area contributed by atoms with Crippen molar-refractivity contribution in [3.05, 3.63) is 58.6 Å².